The van der Waals surface area contributed by atoms with Gasteiger partial charge in [-0.2, -0.15) is 0 Å². The molecule has 4 heteroatoms. The van der Waals surface area contributed by atoms with E-state index < -0.39 is 6.41 Å². The van der Waals surface area contributed by atoms with Crippen molar-refractivity contribution < 1.29 is 9.47 Å². The van der Waals surface area contributed by atoms with E-state index in [0.717, 1.165) is 16.6 Å². The van der Waals surface area contributed by atoms with Crippen LogP contribution in [0, 0.1) is 0 Å². The zero-order chi connectivity index (χ0) is 17.6. The SMILES string of the molecule is CCOC(OCC)n1c(C(CN)c2ccccc2)cc2ccccc21. The number of fused-ring (bicyclic) bond motifs is 1. The molecular formula is C21H26N2O2. The summed E-state index contributed by atoms with van der Waals surface area (Å²) in [7, 11) is 0. The van der Waals surface area contributed by atoms with Crippen LogP contribution in [0.3, 0.4) is 0 Å². The smallest absolute Gasteiger partial charge is 0.244 e. The van der Waals surface area contributed by atoms with Crippen molar-refractivity contribution >= 4 is 10.9 Å². The van der Waals surface area contributed by atoms with E-state index in [1.807, 2.05) is 44.2 Å². The first-order valence-corrected chi connectivity index (χ1v) is 8.88. The number of para-hydroxylation sites is 1. The van der Waals surface area contributed by atoms with Crippen molar-refractivity contribution in [1.82, 2.24) is 4.57 Å². The number of rotatable bonds is 8. The summed E-state index contributed by atoms with van der Waals surface area (Å²) >= 11 is 0. The van der Waals surface area contributed by atoms with Crippen molar-refractivity contribution in [3.05, 3.63) is 71.9 Å². The van der Waals surface area contributed by atoms with Crippen molar-refractivity contribution in [3.8, 4) is 0 Å². The molecule has 1 atom stereocenters. The average molecular weight is 338 g/mol. The highest BCUT2D eigenvalue weighted by atomic mass is 16.7. The van der Waals surface area contributed by atoms with Crippen LogP contribution < -0.4 is 5.73 Å². The lowest BCUT2D eigenvalue weighted by atomic mass is 9.95. The summed E-state index contributed by atoms with van der Waals surface area (Å²) in [6, 6.07) is 20.9. The first-order valence-electron chi connectivity index (χ1n) is 8.88. The van der Waals surface area contributed by atoms with E-state index >= 15 is 0 Å². The summed E-state index contributed by atoms with van der Waals surface area (Å²) in [5.41, 5.74) is 9.58. The second-order valence-corrected chi connectivity index (χ2v) is 5.91. The minimum absolute atomic E-state index is 0.0806. The van der Waals surface area contributed by atoms with E-state index in [0.29, 0.717) is 19.8 Å². The van der Waals surface area contributed by atoms with E-state index in [2.05, 4.69) is 34.9 Å². The largest absolute Gasteiger partial charge is 0.335 e. The highest BCUT2D eigenvalue weighted by molar-refractivity contribution is 5.81. The lowest BCUT2D eigenvalue weighted by molar-refractivity contribution is -0.184. The van der Waals surface area contributed by atoms with Gasteiger partial charge in [0.05, 0.1) is 5.52 Å². The van der Waals surface area contributed by atoms with Crippen LogP contribution >= 0.6 is 0 Å². The Hall–Kier alpha value is -2.14. The molecule has 0 aliphatic rings. The molecule has 0 bridgehead atoms. The average Bonchev–Trinajstić information content (AvgIpc) is 3.02. The topological polar surface area (TPSA) is 49.4 Å². The van der Waals surface area contributed by atoms with Crippen molar-refractivity contribution in [2.75, 3.05) is 19.8 Å². The molecule has 4 nitrogen and oxygen atoms in total. The number of nitrogens with zero attached hydrogens (tertiary/aromatic N) is 1. The van der Waals surface area contributed by atoms with Gasteiger partial charge < -0.3 is 15.2 Å². The van der Waals surface area contributed by atoms with Crippen LogP contribution in [0.4, 0.5) is 0 Å². The maximum absolute atomic E-state index is 6.18. The summed E-state index contributed by atoms with van der Waals surface area (Å²) in [6.07, 6.45) is -0.456. The quantitative estimate of drug-likeness (QED) is 0.624. The van der Waals surface area contributed by atoms with Crippen LogP contribution in [0.15, 0.2) is 60.7 Å². The van der Waals surface area contributed by atoms with Crippen LogP contribution in [0.25, 0.3) is 10.9 Å². The fraction of sp³-hybridized carbons (Fsp3) is 0.333. The summed E-state index contributed by atoms with van der Waals surface area (Å²) in [4.78, 5) is 0. The molecule has 0 amide bonds. The van der Waals surface area contributed by atoms with Gasteiger partial charge in [0.2, 0.25) is 6.41 Å². The highest BCUT2D eigenvalue weighted by Crippen LogP contribution is 2.33. The number of benzene rings is 2. The summed E-state index contributed by atoms with van der Waals surface area (Å²) in [6.45, 7) is 5.64. The third-order valence-corrected chi connectivity index (χ3v) is 4.40. The van der Waals surface area contributed by atoms with Gasteiger partial charge >= 0.3 is 0 Å². The van der Waals surface area contributed by atoms with Crippen LogP contribution in [0.5, 0.6) is 0 Å². The minimum atomic E-state index is -0.456. The molecule has 2 N–H and O–H groups in total. The Labute approximate surface area is 149 Å². The normalized spacial score (nSPS) is 12.8. The molecule has 25 heavy (non-hydrogen) atoms. The lowest BCUT2D eigenvalue weighted by Crippen LogP contribution is -2.23. The minimum Gasteiger partial charge on any atom is -0.335 e. The number of nitrogens with two attached hydrogens (primary N) is 1. The molecule has 0 aliphatic carbocycles. The molecular weight excluding hydrogens is 312 g/mol. The molecule has 0 spiro atoms. The van der Waals surface area contributed by atoms with Crippen molar-refractivity contribution in [2.24, 2.45) is 5.73 Å². The summed E-state index contributed by atoms with van der Waals surface area (Å²) in [5, 5.41) is 1.16. The fourth-order valence-corrected chi connectivity index (χ4v) is 3.30. The standard InChI is InChI=1S/C21H26N2O2/c1-3-24-21(25-4-2)23-19-13-9-8-12-17(19)14-20(23)18(15-22)16-10-6-5-7-11-16/h5-14,18,21H,3-4,15,22H2,1-2H3. The van der Waals surface area contributed by atoms with E-state index in [4.69, 9.17) is 15.2 Å². The second-order valence-electron chi connectivity index (χ2n) is 5.91. The maximum atomic E-state index is 6.18. The first-order chi connectivity index (χ1) is 12.3. The van der Waals surface area contributed by atoms with Crippen LogP contribution in [-0.2, 0) is 9.47 Å². The third kappa shape index (κ3) is 3.61. The predicted molar refractivity (Wildman–Crippen MR) is 102 cm³/mol. The molecule has 2 aromatic carbocycles. The van der Waals surface area contributed by atoms with E-state index in [1.54, 1.807) is 0 Å². The van der Waals surface area contributed by atoms with Crippen LogP contribution in [0.1, 0.15) is 37.4 Å². The van der Waals surface area contributed by atoms with Gasteiger partial charge in [0.25, 0.3) is 0 Å². The molecule has 1 unspecified atom stereocenters. The maximum Gasteiger partial charge on any atom is 0.244 e. The molecule has 1 heterocycles. The van der Waals surface area contributed by atoms with Gasteiger partial charge in [-0.15, -0.1) is 0 Å². The van der Waals surface area contributed by atoms with Gasteiger partial charge in [0.15, 0.2) is 0 Å². The Morgan fingerprint density at radius 1 is 0.920 bits per heavy atom. The van der Waals surface area contributed by atoms with Crippen molar-refractivity contribution in [2.45, 2.75) is 26.2 Å². The molecule has 0 aliphatic heterocycles. The van der Waals surface area contributed by atoms with Crippen molar-refractivity contribution in [3.63, 3.8) is 0 Å². The van der Waals surface area contributed by atoms with Crippen LogP contribution in [0.2, 0.25) is 0 Å². The predicted octanol–water partition coefficient (Wildman–Crippen LogP) is 4.26. The molecule has 1 aromatic heterocycles. The molecule has 3 rings (SSSR count). The Balaban J connectivity index is 2.17. The molecule has 0 saturated carbocycles. The molecule has 0 radical (unpaired) electrons. The van der Waals surface area contributed by atoms with Gasteiger partial charge in [-0.3, -0.25) is 4.57 Å². The lowest BCUT2D eigenvalue weighted by Gasteiger charge is -2.25. The zero-order valence-corrected chi connectivity index (χ0v) is 14.9. The molecule has 0 saturated heterocycles. The van der Waals surface area contributed by atoms with Gasteiger partial charge in [0, 0.05) is 36.8 Å². The van der Waals surface area contributed by atoms with Gasteiger partial charge in [-0.25, -0.2) is 0 Å². The fourth-order valence-electron chi connectivity index (χ4n) is 3.30. The Kier molecular flexibility index (Phi) is 5.87. The Morgan fingerprint density at radius 3 is 2.20 bits per heavy atom. The van der Waals surface area contributed by atoms with Gasteiger partial charge in [-0.05, 0) is 31.5 Å². The number of aromatic nitrogens is 1. The van der Waals surface area contributed by atoms with Gasteiger partial charge in [0.1, 0.15) is 0 Å². The second kappa shape index (κ2) is 8.30. The van der Waals surface area contributed by atoms with Crippen LogP contribution in [-0.4, -0.2) is 24.3 Å². The monoisotopic (exact) mass is 338 g/mol. The van der Waals surface area contributed by atoms with E-state index in [9.17, 15) is 0 Å². The summed E-state index contributed by atoms with van der Waals surface area (Å²) < 4.78 is 14.0. The summed E-state index contributed by atoms with van der Waals surface area (Å²) in [5.74, 6) is 0.0806. The van der Waals surface area contributed by atoms with Gasteiger partial charge in [-0.1, -0.05) is 48.5 Å². The third-order valence-electron chi connectivity index (χ3n) is 4.40. The van der Waals surface area contributed by atoms with E-state index in [-0.39, 0.29) is 5.92 Å². The Bertz CT molecular complexity index is 792. The number of hydrogen-bond donors (Lipinski definition) is 1. The van der Waals surface area contributed by atoms with E-state index in [1.165, 1.54) is 5.56 Å². The molecule has 0 fully saturated rings. The molecule has 132 valence electrons. The van der Waals surface area contributed by atoms with Crippen molar-refractivity contribution in [1.29, 1.82) is 0 Å². The Morgan fingerprint density at radius 2 is 1.56 bits per heavy atom. The number of hydrogen-bond acceptors (Lipinski definition) is 3. The zero-order valence-electron chi connectivity index (χ0n) is 14.9. The molecule has 3 aromatic rings. The number of ether oxygens (including phenoxy) is 2. The highest BCUT2D eigenvalue weighted by Gasteiger charge is 2.24. The first kappa shape index (κ1) is 17.7.